The van der Waals surface area contributed by atoms with Crippen molar-refractivity contribution in [1.82, 2.24) is 4.90 Å². The van der Waals surface area contributed by atoms with Gasteiger partial charge >= 0.3 is 0 Å². The summed E-state index contributed by atoms with van der Waals surface area (Å²) in [7, 11) is -6.16. The minimum atomic E-state index is -3.08. The molecule has 1 aliphatic carbocycles. The number of amides is 1. The summed E-state index contributed by atoms with van der Waals surface area (Å²) in [4.78, 5) is 15.9. The Morgan fingerprint density at radius 3 is 1.59 bits per heavy atom. The highest BCUT2D eigenvalue weighted by Crippen LogP contribution is 2.44. The van der Waals surface area contributed by atoms with Gasteiger partial charge in [-0.15, -0.1) is 0 Å². The van der Waals surface area contributed by atoms with E-state index in [1.165, 1.54) is 26.8 Å². The van der Waals surface area contributed by atoms with Crippen molar-refractivity contribution in [2.24, 2.45) is 0 Å². The second kappa shape index (κ2) is 17.1. The number of carbonyl (C=O) groups is 1. The Kier molecular flexibility index (Phi) is 12.4. The summed E-state index contributed by atoms with van der Waals surface area (Å²) in [6.07, 6.45) is 3.83. The molecule has 0 saturated carbocycles. The molecule has 6 nitrogen and oxygen atoms in total. The predicted molar refractivity (Wildman–Crippen MR) is 249 cm³/mol. The predicted octanol–water partition coefficient (Wildman–Crippen LogP) is 8.76. The molecule has 9 heteroatoms. The normalized spacial score (nSPS) is 16.8. The van der Waals surface area contributed by atoms with Gasteiger partial charge in [-0.25, -0.2) is 0 Å². The lowest BCUT2D eigenvalue weighted by atomic mass is 10.1. The first-order valence-corrected chi connectivity index (χ1v) is 25.0. The topological polar surface area (TPSA) is 57.2 Å². The van der Waals surface area contributed by atoms with Crippen molar-refractivity contribution < 1.29 is 23.1 Å². The fraction of sp³-hybridized carbons (Fsp3) is 0.286. The van der Waals surface area contributed by atoms with E-state index in [1.54, 1.807) is 0 Å². The third-order valence-corrected chi connectivity index (χ3v) is 22.6. The Hall–Kier alpha value is -4.27. The molecule has 0 fully saturated rings. The minimum Gasteiger partial charge on any atom is -0.454 e. The van der Waals surface area contributed by atoms with Crippen LogP contribution in [0.2, 0.25) is 10.1 Å². The maximum absolute atomic E-state index is 14.0. The quantitative estimate of drug-likeness (QED) is 0.0673. The molecular formula is C49H54INO5Si2. The van der Waals surface area contributed by atoms with Gasteiger partial charge in [-0.1, -0.05) is 169 Å². The number of halogens is 1. The molecule has 0 aromatic heterocycles. The highest BCUT2D eigenvalue weighted by molar-refractivity contribution is 14.1. The van der Waals surface area contributed by atoms with Gasteiger partial charge in [-0.3, -0.25) is 4.79 Å². The number of benzene rings is 5. The third kappa shape index (κ3) is 8.03. The van der Waals surface area contributed by atoms with Crippen molar-refractivity contribution in [3.8, 4) is 11.5 Å². The van der Waals surface area contributed by atoms with Crippen LogP contribution in [0.5, 0.6) is 11.5 Å². The standard InChI is InChI=1S/C49H54INO5Si2/c1-8-47(52)51(30-29-36-31-43-44(34-42(36)50)54-35-53-43)37-32-45(55-57(48(2,3)4,38-21-13-9-14-22-38)39-23-15-10-16-24-39)46(33-37)56-58(49(5,6)7,40-25-17-11-18-26-40)41-27-19-12-20-28-41/h8-28,31-32,34,45-46H,1,29-30,33,35H2,2-7H3/t45-,46-/m1/s1. The lowest BCUT2D eigenvalue weighted by Gasteiger charge is -2.48. The van der Waals surface area contributed by atoms with Crippen LogP contribution in [-0.4, -0.2) is 53.0 Å². The van der Waals surface area contributed by atoms with E-state index in [0.717, 1.165) is 26.3 Å². The monoisotopic (exact) mass is 919 g/mol. The number of carbonyl (C=O) groups excluding carboxylic acids is 1. The fourth-order valence-corrected chi connectivity index (χ4v) is 18.8. The van der Waals surface area contributed by atoms with Crippen molar-refractivity contribution in [1.29, 1.82) is 0 Å². The third-order valence-electron chi connectivity index (χ3n) is 11.5. The first-order chi connectivity index (χ1) is 27.8. The first kappa shape index (κ1) is 41.9. The molecule has 0 saturated heterocycles. The van der Waals surface area contributed by atoms with E-state index in [0.29, 0.717) is 19.4 Å². The summed E-state index contributed by atoms with van der Waals surface area (Å²) in [6.45, 7) is 18.4. The lowest BCUT2D eigenvalue weighted by molar-refractivity contribution is -0.124. The molecule has 0 bridgehead atoms. The van der Waals surface area contributed by atoms with Gasteiger partial charge in [0.2, 0.25) is 12.7 Å². The molecule has 2 atom stereocenters. The Labute approximate surface area is 360 Å². The molecule has 1 amide bonds. The molecule has 5 aromatic carbocycles. The van der Waals surface area contributed by atoms with Crippen molar-refractivity contribution in [3.05, 3.63) is 167 Å². The Bertz CT molecular complexity index is 2160. The summed E-state index contributed by atoms with van der Waals surface area (Å²) in [5.74, 6) is 1.32. The largest absolute Gasteiger partial charge is 0.454 e. The van der Waals surface area contributed by atoms with E-state index < -0.39 is 28.8 Å². The van der Waals surface area contributed by atoms with E-state index in [4.69, 9.17) is 18.3 Å². The maximum atomic E-state index is 14.0. The molecule has 2 aliphatic rings. The van der Waals surface area contributed by atoms with Crippen LogP contribution < -0.4 is 30.2 Å². The lowest BCUT2D eigenvalue weighted by Crippen LogP contribution is -2.70. The van der Waals surface area contributed by atoms with Gasteiger partial charge in [-0.2, -0.15) is 0 Å². The average Bonchev–Trinajstić information content (AvgIpc) is 3.85. The van der Waals surface area contributed by atoms with Crippen LogP contribution in [0.4, 0.5) is 0 Å². The average molecular weight is 920 g/mol. The number of hydrogen-bond acceptors (Lipinski definition) is 5. The molecule has 0 unspecified atom stereocenters. The molecule has 1 aliphatic heterocycles. The Morgan fingerprint density at radius 1 is 0.724 bits per heavy atom. The van der Waals surface area contributed by atoms with Gasteiger partial charge in [0.05, 0.1) is 12.2 Å². The van der Waals surface area contributed by atoms with Crippen molar-refractivity contribution in [3.63, 3.8) is 0 Å². The fourth-order valence-electron chi connectivity index (χ4n) is 8.81. The number of rotatable bonds is 13. The number of fused-ring (bicyclic) bond motifs is 1. The number of nitrogens with zero attached hydrogens (tertiary/aromatic N) is 1. The molecule has 0 N–H and O–H groups in total. The molecule has 0 spiro atoms. The van der Waals surface area contributed by atoms with E-state index in [9.17, 15) is 4.79 Å². The summed E-state index contributed by atoms with van der Waals surface area (Å²) in [6, 6.07) is 47.1. The Morgan fingerprint density at radius 2 is 1.16 bits per heavy atom. The smallest absolute Gasteiger partial charge is 0.262 e. The molecule has 7 rings (SSSR count). The molecule has 58 heavy (non-hydrogen) atoms. The van der Waals surface area contributed by atoms with Gasteiger partial charge in [0.1, 0.15) is 0 Å². The van der Waals surface area contributed by atoms with Crippen LogP contribution >= 0.6 is 22.6 Å². The zero-order chi connectivity index (χ0) is 41.1. The summed E-state index contributed by atoms with van der Waals surface area (Å²) >= 11 is 2.34. The van der Waals surface area contributed by atoms with Gasteiger partial charge in [0.25, 0.3) is 16.6 Å². The molecule has 5 aromatic rings. The maximum Gasteiger partial charge on any atom is 0.262 e. The van der Waals surface area contributed by atoms with Crippen molar-refractivity contribution in [2.45, 2.75) is 76.7 Å². The summed E-state index contributed by atoms with van der Waals surface area (Å²) in [5, 5.41) is 4.23. The highest BCUT2D eigenvalue weighted by atomic mass is 127. The van der Waals surface area contributed by atoms with E-state index in [-0.39, 0.29) is 22.8 Å². The summed E-state index contributed by atoms with van der Waals surface area (Å²) in [5.41, 5.74) is 1.97. The van der Waals surface area contributed by atoms with Gasteiger partial charge in [0.15, 0.2) is 11.5 Å². The van der Waals surface area contributed by atoms with Gasteiger partial charge in [-0.05, 0) is 89.7 Å². The van der Waals surface area contributed by atoms with Crippen LogP contribution in [0.15, 0.2) is 158 Å². The molecule has 300 valence electrons. The zero-order valence-electron chi connectivity index (χ0n) is 34.4. The first-order valence-electron chi connectivity index (χ1n) is 20.1. The number of hydrogen-bond donors (Lipinski definition) is 0. The van der Waals surface area contributed by atoms with Crippen LogP contribution in [0.1, 0.15) is 53.5 Å². The zero-order valence-corrected chi connectivity index (χ0v) is 38.6. The second-order valence-electron chi connectivity index (χ2n) is 17.2. The van der Waals surface area contributed by atoms with Crippen molar-refractivity contribution >= 4 is 65.9 Å². The SMILES string of the molecule is C=CC(=O)N(CCc1cc2c(cc1I)OCO2)C1=C[C@@H](O[Si](c2ccccc2)(c2ccccc2)C(C)(C)C)[C@H](O[Si](c2ccccc2)(c2ccccc2)C(C)(C)C)C1. The molecule has 0 radical (unpaired) electrons. The Balaban J connectivity index is 1.38. The van der Waals surface area contributed by atoms with Crippen LogP contribution in [0.25, 0.3) is 0 Å². The van der Waals surface area contributed by atoms with Crippen LogP contribution in [0, 0.1) is 3.57 Å². The van der Waals surface area contributed by atoms with E-state index >= 15 is 0 Å². The minimum absolute atomic E-state index is 0.155. The van der Waals surface area contributed by atoms with Gasteiger partial charge in [0, 0.05) is 22.2 Å². The summed E-state index contributed by atoms with van der Waals surface area (Å²) < 4.78 is 28.4. The molecular weight excluding hydrogens is 866 g/mol. The van der Waals surface area contributed by atoms with Crippen molar-refractivity contribution in [2.75, 3.05) is 13.3 Å². The van der Waals surface area contributed by atoms with Crippen LogP contribution in [-0.2, 0) is 20.1 Å². The van der Waals surface area contributed by atoms with E-state index in [1.807, 2.05) is 17.0 Å². The van der Waals surface area contributed by atoms with Gasteiger partial charge < -0.3 is 23.2 Å². The number of ether oxygens (including phenoxy) is 2. The highest BCUT2D eigenvalue weighted by Gasteiger charge is 2.56. The molecule has 1 heterocycles. The van der Waals surface area contributed by atoms with Crippen LogP contribution in [0.3, 0.4) is 0 Å². The van der Waals surface area contributed by atoms with E-state index in [2.05, 4.69) is 198 Å². The second-order valence-corrected chi connectivity index (χ2v) is 26.8.